The van der Waals surface area contributed by atoms with Crippen LogP contribution in [0.2, 0.25) is 0 Å². The Morgan fingerprint density at radius 3 is 3.11 bits per heavy atom. The predicted molar refractivity (Wildman–Crippen MR) is 80.6 cm³/mol. The maximum absolute atomic E-state index is 5.92. The van der Waals surface area contributed by atoms with Gasteiger partial charge in [-0.1, -0.05) is 22.9 Å². The molecule has 4 heteroatoms. The van der Waals surface area contributed by atoms with Gasteiger partial charge in [0.1, 0.15) is 12.4 Å². The Balaban J connectivity index is 1.92. The van der Waals surface area contributed by atoms with E-state index in [-0.39, 0.29) is 6.10 Å². The molecule has 1 aliphatic rings. The first-order valence-electron chi connectivity index (χ1n) is 7.03. The van der Waals surface area contributed by atoms with E-state index in [9.17, 15) is 0 Å². The molecule has 19 heavy (non-hydrogen) atoms. The lowest BCUT2D eigenvalue weighted by atomic mass is 10.2. The van der Waals surface area contributed by atoms with E-state index in [1.54, 1.807) is 0 Å². The molecule has 1 saturated heterocycles. The second-order valence-corrected chi connectivity index (χ2v) is 5.79. The van der Waals surface area contributed by atoms with E-state index < -0.39 is 0 Å². The highest BCUT2D eigenvalue weighted by Gasteiger charge is 2.16. The van der Waals surface area contributed by atoms with Crippen molar-refractivity contribution >= 4 is 15.9 Å². The average molecular weight is 328 g/mol. The number of nitrogens with one attached hydrogen (secondary N) is 1. The SMILES string of the molecule is CCCNCc1cc(Br)ccc1OCC1CCCO1. The molecule has 0 radical (unpaired) electrons. The Morgan fingerprint density at radius 2 is 2.37 bits per heavy atom. The summed E-state index contributed by atoms with van der Waals surface area (Å²) in [5.41, 5.74) is 1.20. The van der Waals surface area contributed by atoms with E-state index in [0.29, 0.717) is 6.61 Å². The van der Waals surface area contributed by atoms with Crippen molar-refractivity contribution in [1.29, 1.82) is 0 Å². The number of halogens is 1. The summed E-state index contributed by atoms with van der Waals surface area (Å²) in [6, 6.07) is 6.17. The van der Waals surface area contributed by atoms with Crippen molar-refractivity contribution in [1.82, 2.24) is 5.32 Å². The number of ether oxygens (including phenoxy) is 2. The van der Waals surface area contributed by atoms with Crippen molar-refractivity contribution in [2.24, 2.45) is 0 Å². The lowest BCUT2D eigenvalue weighted by Gasteiger charge is -2.15. The molecule has 0 aromatic heterocycles. The molecule has 0 aliphatic carbocycles. The van der Waals surface area contributed by atoms with E-state index in [1.165, 1.54) is 5.56 Å². The summed E-state index contributed by atoms with van der Waals surface area (Å²) < 4.78 is 12.6. The molecule has 1 aromatic rings. The van der Waals surface area contributed by atoms with Crippen LogP contribution in [0.4, 0.5) is 0 Å². The maximum Gasteiger partial charge on any atom is 0.124 e. The van der Waals surface area contributed by atoms with Gasteiger partial charge in [0.05, 0.1) is 6.10 Å². The van der Waals surface area contributed by atoms with Gasteiger partial charge in [-0.15, -0.1) is 0 Å². The third-order valence-electron chi connectivity index (χ3n) is 3.21. The maximum atomic E-state index is 5.92. The molecule has 1 aromatic carbocycles. The second kappa shape index (κ2) is 7.88. The zero-order chi connectivity index (χ0) is 13.5. The van der Waals surface area contributed by atoms with Gasteiger partial charge in [-0.3, -0.25) is 0 Å². The summed E-state index contributed by atoms with van der Waals surface area (Å²) in [5.74, 6) is 0.960. The Labute approximate surface area is 123 Å². The summed E-state index contributed by atoms with van der Waals surface area (Å²) in [4.78, 5) is 0. The van der Waals surface area contributed by atoms with Crippen LogP contribution in [0.15, 0.2) is 22.7 Å². The van der Waals surface area contributed by atoms with Crippen LogP contribution in [0.1, 0.15) is 31.7 Å². The van der Waals surface area contributed by atoms with E-state index in [2.05, 4.69) is 34.2 Å². The molecule has 3 nitrogen and oxygen atoms in total. The zero-order valence-electron chi connectivity index (χ0n) is 11.5. The Morgan fingerprint density at radius 1 is 1.47 bits per heavy atom. The predicted octanol–water partition coefficient (Wildman–Crippen LogP) is 3.51. The van der Waals surface area contributed by atoms with Gasteiger partial charge in [0.15, 0.2) is 0 Å². The fourth-order valence-corrected chi connectivity index (χ4v) is 2.59. The standard InChI is InChI=1S/C15H22BrNO2/c1-2-7-17-10-12-9-13(16)5-6-15(12)19-11-14-4-3-8-18-14/h5-6,9,14,17H,2-4,7-8,10-11H2,1H3. The van der Waals surface area contributed by atoms with Gasteiger partial charge in [0, 0.05) is 23.2 Å². The van der Waals surface area contributed by atoms with Gasteiger partial charge in [-0.05, 0) is 44.0 Å². The summed E-state index contributed by atoms with van der Waals surface area (Å²) >= 11 is 3.51. The quantitative estimate of drug-likeness (QED) is 0.777. The van der Waals surface area contributed by atoms with Crippen LogP contribution in [-0.4, -0.2) is 25.9 Å². The van der Waals surface area contributed by atoms with Crippen molar-refractivity contribution in [3.8, 4) is 5.75 Å². The molecule has 1 heterocycles. The topological polar surface area (TPSA) is 30.5 Å². The van der Waals surface area contributed by atoms with Crippen molar-refractivity contribution in [2.45, 2.75) is 38.8 Å². The average Bonchev–Trinajstić information content (AvgIpc) is 2.91. The van der Waals surface area contributed by atoms with Crippen LogP contribution >= 0.6 is 15.9 Å². The summed E-state index contributed by atoms with van der Waals surface area (Å²) in [6.07, 6.45) is 3.67. The van der Waals surface area contributed by atoms with Crippen LogP contribution in [0, 0.1) is 0 Å². The van der Waals surface area contributed by atoms with E-state index in [0.717, 1.165) is 49.2 Å². The first-order valence-corrected chi connectivity index (χ1v) is 7.82. The summed E-state index contributed by atoms with van der Waals surface area (Å²) in [6.45, 7) is 5.57. The number of hydrogen-bond acceptors (Lipinski definition) is 3. The monoisotopic (exact) mass is 327 g/mol. The molecule has 2 rings (SSSR count). The Hall–Kier alpha value is -0.580. The van der Waals surface area contributed by atoms with Gasteiger partial charge in [0.2, 0.25) is 0 Å². The molecule has 0 saturated carbocycles. The molecule has 0 bridgehead atoms. The first-order chi connectivity index (χ1) is 9.29. The highest BCUT2D eigenvalue weighted by Crippen LogP contribution is 2.24. The molecular weight excluding hydrogens is 306 g/mol. The van der Waals surface area contributed by atoms with Crippen LogP contribution in [-0.2, 0) is 11.3 Å². The minimum Gasteiger partial charge on any atom is -0.491 e. The number of benzene rings is 1. The van der Waals surface area contributed by atoms with E-state index >= 15 is 0 Å². The van der Waals surface area contributed by atoms with Gasteiger partial charge >= 0.3 is 0 Å². The van der Waals surface area contributed by atoms with Crippen molar-refractivity contribution < 1.29 is 9.47 Å². The zero-order valence-corrected chi connectivity index (χ0v) is 13.0. The van der Waals surface area contributed by atoms with Gasteiger partial charge in [-0.2, -0.15) is 0 Å². The number of rotatable bonds is 7. The van der Waals surface area contributed by atoms with Crippen molar-refractivity contribution in [3.05, 3.63) is 28.2 Å². The Bertz CT molecular complexity index is 392. The highest BCUT2D eigenvalue weighted by molar-refractivity contribution is 9.10. The third-order valence-corrected chi connectivity index (χ3v) is 3.71. The molecule has 106 valence electrons. The summed E-state index contributed by atoms with van der Waals surface area (Å²) in [7, 11) is 0. The van der Waals surface area contributed by atoms with Crippen LogP contribution in [0.5, 0.6) is 5.75 Å². The van der Waals surface area contributed by atoms with Gasteiger partial charge in [-0.25, -0.2) is 0 Å². The van der Waals surface area contributed by atoms with Crippen molar-refractivity contribution in [3.63, 3.8) is 0 Å². The van der Waals surface area contributed by atoms with Crippen LogP contribution in [0.3, 0.4) is 0 Å². The lowest BCUT2D eigenvalue weighted by Crippen LogP contribution is -2.18. The molecule has 1 N–H and O–H groups in total. The fourth-order valence-electron chi connectivity index (χ4n) is 2.19. The normalized spacial score (nSPS) is 18.7. The summed E-state index contributed by atoms with van der Waals surface area (Å²) in [5, 5.41) is 3.41. The van der Waals surface area contributed by atoms with E-state index in [4.69, 9.17) is 9.47 Å². The van der Waals surface area contributed by atoms with E-state index in [1.807, 2.05) is 12.1 Å². The lowest BCUT2D eigenvalue weighted by molar-refractivity contribution is 0.0676. The largest absolute Gasteiger partial charge is 0.491 e. The first kappa shape index (κ1) is 14.8. The third kappa shape index (κ3) is 4.79. The molecule has 0 amide bonds. The number of hydrogen-bond donors (Lipinski definition) is 1. The fraction of sp³-hybridized carbons (Fsp3) is 0.600. The molecule has 0 spiro atoms. The highest BCUT2D eigenvalue weighted by atomic mass is 79.9. The Kier molecular flexibility index (Phi) is 6.14. The molecule has 1 unspecified atom stereocenters. The smallest absolute Gasteiger partial charge is 0.124 e. The van der Waals surface area contributed by atoms with Crippen LogP contribution in [0.25, 0.3) is 0 Å². The minimum atomic E-state index is 0.264. The molecular formula is C15H22BrNO2. The van der Waals surface area contributed by atoms with Crippen LogP contribution < -0.4 is 10.1 Å². The minimum absolute atomic E-state index is 0.264. The van der Waals surface area contributed by atoms with Gasteiger partial charge in [0.25, 0.3) is 0 Å². The molecule has 1 aliphatic heterocycles. The molecule has 1 fully saturated rings. The second-order valence-electron chi connectivity index (χ2n) is 4.87. The molecule has 1 atom stereocenters. The van der Waals surface area contributed by atoms with Gasteiger partial charge < -0.3 is 14.8 Å². The van der Waals surface area contributed by atoms with Crippen molar-refractivity contribution in [2.75, 3.05) is 19.8 Å².